The van der Waals surface area contributed by atoms with Gasteiger partial charge in [-0.25, -0.2) is 4.39 Å². The number of hydrogen-bond donors (Lipinski definition) is 1. The van der Waals surface area contributed by atoms with Crippen molar-refractivity contribution < 1.29 is 9.13 Å². The predicted molar refractivity (Wildman–Crippen MR) is 85.3 cm³/mol. The Kier molecular flexibility index (Phi) is 5.63. The fourth-order valence-corrected chi connectivity index (χ4v) is 3.75. The number of benzene rings is 1. The number of hydrogen-bond acceptors (Lipinski definition) is 2. The summed E-state index contributed by atoms with van der Waals surface area (Å²) >= 11 is 0. The molecule has 1 N–H and O–H groups in total. The molecule has 0 aliphatic heterocycles. The van der Waals surface area contributed by atoms with Gasteiger partial charge in [0.15, 0.2) is 0 Å². The van der Waals surface area contributed by atoms with Gasteiger partial charge in [0.1, 0.15) is 11.6 Å². The van der Waals surface area contributed by atoms with Gasteiger partial charge in [0.25, 0.3) is 0 Å². The number of rotatable bonds is 5. The highest BCUT2D eigenvalue weighted by Gasteiger charge is 2.34. The van der Waals surface area contributed by atoms with Gasteiger partial charge in [-0.2, -0.15) is 0 Å². The molecule has 1 aromatic rings. The quantitative estimate of drug-likeness (QED) is 0.878. The minimum Gasteiger partial charge on any atom is -0.496 e. The van der Waals surface area contributed by atoms with Gasteiger partial charge in [-0.3, -0.25) is 0 Å². The number of methoxy groups -OCH3 is 1. The summed E-state index contributed by atoms with van der Waals surface area (Å²) in [6.45, 7) is 5.57. The van der Waals surface area contributed by atoms with E-state index in [1.54, 1.807) is 19.2 Å². The summed E-state index contributed by atoms with van der Waals surface area (Å²) in [5.74, 6) is 3.00. The maximum absolute atomic E-state index is 13.7. The van der Waals surface area contributed by atoms with Crippen molar-refractivity contribution in [1.82, 2.24) is 5.32 Å². The number of ether oxygens (including phenoxy) is 1. The smallest absolute Gasteiger partial charge is 0.123 e. The Morgan fingerprint density at radius 1 is 1.33 bits per heavy atom. The first-order valence-corrected chi connectivity index (χ1v) is 8.04. The van der Waals surface area contributed by atoms with Crippen LogP contribution in [-0.4, -0.2) is 20.7 Å². The Balaban J connectivity index is 2.32. The first-order chi connectivity index (χ1) is 10.1. The van der Waals surface area contributed by atoms with E-state index >= 15 is 0 Å². The van der Waals surface area contributed by atoms with Crippen LogP contribution in [0, 0.1) is 23.6 Å². The molecule has 1 aromatic carbocycles. The maximum Gasteiger partial charge on any atom is 0.123 e. The Morgan fingerprint density at radius 2 is 2.10 bits per heavy atom. The van der Waals surface area contributed by atoms with Gasteiger partial charge >= 0.3 is 0 Å². The van der Waals surface area contributed by atoms with Gasteiger partial charge in [-0.05, 0) is 74.7 Å². The number of halogens is 1. The van der Waals surface area contributed by atoms with E-state index in [1.165, 1.54) is 18.9 Å². The molecule has 3 atom stereocenters. The van der Waals surface area contributed by atoms with Crippen molar-refractivity contribution in [2.24, 2.45) is 17.8 Å². The average Bonchev–Trinajstić information content (AvgIpc) is 2.47. The zero-order chi connectivity index (χ0) is 15.4. The second-order valence-electron chi connectivity index (χ2n) is 6.63. The molecular weight excluding hydrogens is 265 g/mol. The SMILES string of the molecule is CNCC1CCC(C(C)C)CC1c1cc(F)ccc1OC. The minimum atomic E-state index is -0.166. The third-order valence-corrected chi connectivity index (χ3v) is 5.03. The fraction of sp³-hybridized carbons (Fsp3) is 0.667. The molecule has 118 valence electrons. The molecule has 0 radical (unpaired) electrons. The van der Waals surface area contributed by atoms with E-state index in [4.69, 9.17) is 4.74 Å². The molecule has 2 nitrogen and oxygen atoms in total. The normalized spacial score (nSPS) is 26.1. The second-order valence-corrected chi connectivity index (χ2v) is 6.63. The Morgan fingerprint density at radius 3 is 2.71 bits per heavy atom. The van der Waals surface area contributed by atoms with E-state index < -0.39 is 0 Å². The highest BCUT2D eigenvalue weighted by Crippen LogP contribution is 2.45. The summed E-state index contributed by atoms with van der Waals surface area (Å²) in [7, 11) is 3.67. The summed E-state index contributed by atoms with van der Waals surface area (Å²) < 4.78 is 19.2. The standard InChI is InChI=1S/C18H28FNO/c1-12(2)13-5-6-14(11-20-3)16(9-13)17-10-15(19)7-8-18(17)21-4/h7-8,10,12-14,16,20H,5-6,9,11H2,1-4H3. The molecule has 0 spiro atoms. The van der Waals surface area contributed by atoms with Crippen LogP contribution in [0.25, 0.3) is 0 Å². The Bertz CT molecular complexity index is 461. The lowest BCUT2D eigenvalue weighted by molar-refractivity contribution is 0.189. The van der Waals surface area contributed by atoms with Crippen LogP contribution in [0.1, 0.15) is 44.6 Å². The Hall–Kier alpha value is -1.09. The molecule has 0 amide bonds. The summed E-state index contributed by atoms with van der Waals surface area (Å²) in [4.78, 5) is 0. The van der Waals surface area contributed by atoms with Crippen molar-refractivity contribution in [1.29, 1.82) is 0 Å². The summed E-state index contributed by atoms with van der Waals surface area (Å²) in [6.07, 6.45) is 3.61. The zero-order valence-electron chi connectivity index (χ0n) is 13.7. The lowest BCUT2D eigenvalue weighted by Gasteiger charge is -2.38. The molecule has 3 heteroatoms. The van der Waals surface area contributed by atoms with Crippen molar-refractivity contribution in [3.63, 3.8) is 0 Å². The van der Waals surface area contributed by atoms with E-state index in [-0.39, 0.29) is 5.82 Å². The van der Waals surface area contributed by atoms with Gasteiger partial charge in [0, 0.05) is 5.56 Å². The van der Waals surface area contributed by atoms with E-state index in [0.717, 1.165) is 30.2 Å². The largest absolute Gasteiger partial charge is 0.496 e. The highest BCUT2D eigenvalue weighted by molar-refractivity contribution is 5.37. The second kappa shape index (κ2) is 7.26. The van der Waals surface area contributed by atoms with Crippen LogP contribution in [0.5, 0.6) is 5.75 Å². The maximum atomic E-state index is 13.7. The van der Waals surface area contributed by atoms with Crippen molar-refractivity contribution in [2.45, 2.75) is 39.0 Å². The zero-order valence-corrected chi connectivity index (χ0v) is 13.7. The summed E-state index contributed by atoms with van der Waals surface area (Å²) in [5, 5.41) is 3.30. The molecule has 1 aliphatic carbocycles. The van der Waals surface area contributed by atoms with Crippen molar-refractivity contribution in [3.05, 3.63) is 29.6 Å². The Labute approximate surface area is 128 Å². The monoisotopic (exact) mass is 293 g/mol. The van der Waals surface area contributed by atoms with Gasteiger partial charge in [-0.1, -0.05) is 13.8 Å². The van der Waals surface area contributed by atoms with E-state index in [0.29, 0.717) is 17.8 Å². The topological polar surface area (TPSA) is 21.3 Å². The van der Waals surface area contributed by atoms with Crippen LogP contribution >= 0.6 is 0 Å². The fourth-order valence-electron chi connectivity index (χ4n) is 3.75. The first kappa shape index (κ1) is 16.3. The lowest BCUT2D eigenvalue weighted by atomic mass is 9.68. The van der Waals surface area contributed by atoms with Crippen molar-refractivity contribution in [3.8, 4) is 5.75 Å². The third kappa shape index (κ3) is 3.76. The van der Waals surface area contributed by atoms with E-state index in [2.05, 4.69) is 19.2 Å². The molecular formula is C18H28FNO. The van der Waals surface area contributed by atoms with Gasteiger partial charge < -0.3 is 10.1 Å². The van der Waals surface area contributed by atoms with Gasteiger partial charge in [-0.15, -0.1) is 0 Å². The molecule has 0 aromatic heterocycles. The van der Waals surface area contributed by atoms with E-state index in [1.807, 2.05) is 7.05 Å². The molecule has 0 heterocycles. The molecule has 1 saturated carbocycles. The van der Waals surface area contributed by atoms with Crippen LogP contribution in [0.3, 0.4) is 0 Å². The first-order valence-electron chi connectivity index (χ1n) is 8.04. The van der Waals surface area contributed by atoms with Crippen molar-refractivity contribution >= 4 is 0 Å². The van der Waals surface area contributed by atoms with Gasteiger partial charge in [0.05, 0.1) is 7.11 Å². The molecule has 0 saturated heterocycles. The molecule has 1 aliphatic rings. The predicted octanol–water partition coefficient (Wildman–Crippen LogP) is 4.21. The molecule has 0 bridgehead atoms. The summed E-state index contributed by atoms with van der Waals surface area (Å²) in [6, 6.07) is 4.92. The summed E-state index contributed by atoms with van der Waals surface area (Å²) in [5.41, 5.74) is 1.04. The van der Waals surface area contributed by atoms with Crippen LogP contribution in [-0.2, 0) is 0 Å². The molecule has 21 heavy (non-hydrogen) atoms. The van der Waals surface area contributed by atoms with E-state index in [9.17, 15) is 4.39 Å². The third-order valence-electron chi connectivity index (χ3n) is 5.03. The number of nitrogens with one attached hydrogen (secondary N) is 1. The van der Waals surface area contributed by atoms with Gasteiger partial charge in [0.2, 0.25) is 0 Å². The van der Waals surface area contributed by atoms with Crippen LogP contribution in [0.2, 0.25) is 0 Å². The molecule has 2 rings (SSSR count). The molecule has 3 unspecified atom stereocenters. The molecule has 1 fully saturated rings. The van der Waals surface area contributed by atoms with Crippen LogP contribution < -0.4 is 10.1 Å². The average molecular weight is 293 g/mol. The van der Waals surface area contributed by atoms with Crippen molar-refractivity contribution in [2.75, 3.05) is 20.7 Å². The van der Waals surface area contributed by atoms with Crippen LogP contribution in [0.15, 0.2) is 18.2 Å². The minimum absolute atomic E-state index is 0.166. The van der Waals surface area contributed by atoms with Crippen LogP contribution in [0.4, 0.5) is 4.39 Å². The lowest BCUT2D eigenvalue weighted by Crippen LogP contribution is -2.32. The highest BCUT2D eigenvalue weighted by atomic mass is 19.1.